The molecule has 1 fully saturated rings. The zero-order valence-corrected chi connectivity index (χ0v) is 9.57. The van der Waals surface area contributed by atoms with Crippen LogP contribution in [-0.2, 0) is 11.2 Å². The van der Waals surface area contributed by atoms with Gasteiger partial charge in [0.1, 0.15) is 6.07 Å². The molecule has 0 aliphatic carbocycles. The van der Waals surface area contributed by atoms with Crippen LogP contribution in [-0.4, -0.2) is 26.3 Å². The standard InChI is InChI=1S/C13H16N2O/c1-2-11-3-4-13(12(9-11)10-14)15-5-7-16-8-6-15/h3-4,9H,2,5-8H2,1H3. The number of nitriles is 1. The molecule has 16 heavy (non-hydrogen) atoms. The van der Waals surface area contributed by atoms with Crippen LogP contribution in [0, 0.1) is 11.3 Å². The largest absolute Gasteiger partial charge is 0.378 e. The van der Waals surface area contributed by atoms with E-state index in [2.05, 4.69) is 30.0 Å². The fourth-order valence-electron chi connectivity index (χ4n) is 1.97. The van der Waals surface area contributed by atoms with Crippen LogP contribution < -0.4 is 4.90 Å². The first-order valence-electron chi connectivity index (χ1n) is 5.71. The van der Waals surface area contributed by atoms with Crippen molar-refractivity contribution in [2.75, 3.05) is 31.2 Å². The lowest BCUT2D eigenvalue weighted by molar-refractivity contribution is 0.122. The van der Waals surface area contributed by atoms with E-state index in [1.165, 1.54) is 5.56 Å². The highest BCUT2D eigenvalue weighted by molar-refractivity contribution is 5.60. The summed E-state index contributed by atoms with van der Waals surface area (Å²) in [6, 6.07) is 8.44. The van der Waals surface area contributed by atoms with E-state index in [9.17, 15) is 0 Å². The minimum atomic E-state index is 0.750. The van der Waals surface area contributed by atoms with Crippen LogP contribution in [0.4, 0.5) is 5.69 Å². The summed E-state index contributed by atoms with van der Waals surface area (Å²) in [4.78, 5) is 2.22. The Bertz CT molecular complexity index is 403. The summed E-state index contributed by atoms with van der Waals surface area (Å²) >= 11 is 0. The number of ether oxygens (including phenoxy) is 1. The Morgan fingerprint density at radius 1 is 1.38 bits per heavy atom. The summed E-state index contributed by atoms with van der Waals surface area (Å²) in [6.07, 6.45) is 0.970. The molecule has 84 valence electrons. The molecule has 0 unspecified atom stereocenters. The van der Waals surface area contributed by atoms with Crippen molar-refractivity contribution >= 4 is 5.69 Å². The van der Waals surface area contributed by atoms with Gasteiger partial charge in [0, 0.05) is 13.1 Å². The molecule has 1 heterocycles. The normalized spacial score (nSPS) is 15.9. The van der Waals surface area contributed by atoms with E-state index in [-0.39, 0.29) is 0 Å². The maximum atomic E-state index is 9.16. The smallest absolute Gasteiger partial charge is 0.101 e. The van der Waals surface area contributed by atoms with Gasteiger partial charge < -0.3 is 9.64 Å². The number of benzene rings is 1. The molecule has 0 saturated carbocycles. The van der Waals surface area contributed by atoms with E-state index in [0.29, 0.717) is 0 Å². The highest BCUT2D eigenvalue weighted by atomic mass is 16.5. The highest BCUT2D eigenvalue weighted by Gasteiger charge is 2.14. The van der Waals surface area contributed by atoms with Gasteiger partial charge in [-0.2, -0.15) is 5.26 Å². The van der Waals surface area contributed by atoms with E-state index >= 15 is 0 Å². The fraction of sp³-hybridized carbons (Fsp3) is 0.462. The average Bonchev–Trinajstić information content (AvgIpc) is 2.39. The predicted octanol–water partition coefficient (Wildman–Crippen LogP) is 1.96. The second kappa shape index (κ2) is 5.00. The molecule has 1 aliphatic rings. The van der Waals surface area contributed by atoms with Crippen molar-refractivity contribution in [3.05, 3.63) is 29.3 Å². The summed E-state index contributed by atoms with van der Waals surface area (Å²) in [6.45, 7) is 5.35. The number of hydrogen-bond acceptors (Lipinski definition) is 3. The third-order valence-electron chi connectivity index (χ3n) is 2.94. The lowest BCUT2D eigenvalue weighted by Gasteiger charge is -2.29. The predicted molar refractivity (Wildman–Crippen MR) is 63.6 cm³/mol. The summed E-state index contributed by atoms with van der Waals surface area (Å²) in [5, 5.41) is 9.16. The number of nitrogens with zero attached hydrogens (tertiary/aromatic N) is 2. The first-order chi connectivity index (χ1) is 7.85. The lowest BCUT2D eigenvalue weighted by Crippen LogP contribution is -2.36. The monoisotopic (exact) mass is 216 g/mol. The van der Waals surface area contributed by atoms with Gasteiger partial charge in [0.25, 0.3) is 0 Å². The van der Waals surface area contributed by atoms with Crippen molar-refractivity contribution in [1.82, 2.24) is 0 Å². The molecule has 0 aromatic heterocycles. The summed E-state index contributed by atoms with van der Waals surface area (Å²) in [7, 11) is 0. The first kappa shape index (κ1) is 11.0. The Morgan fingerprint density at radius 3 is 2.75 bits per heavy atom. The van der Waals surface area contributed by atoms with Crippen LogP contribution in [0.2, 0.25) is 0 Å². The lowest BCUT2D eigenvalue weighted by atomic mass is 10.1. The number of morpholine rings is 1. The van der Waals surface area contributed by atoms with E-state index in [4.69, 9.17) is 10.00 Å². The number of aryl methyl sites for hydroxylation is 1. The molecule has 0 radical (unpaired) electrons. The van der Waals surface area contributed by atoms with Gasteiger partial charge in [-0.05, 0) is 24.1 Å². The molecular weight excluding hydrogens is 200 g/mol. The Hall–Kier alpha value is -1.53. The van der Waals surface area contributed by atoms with Gasteiger partial charge in [0.15, 0.2) is 0 Å². The number of hydrogen-bond donors (Lipinski definition) is 0. The Morgan fingerprint density at radius 2 is 2.12 bits per heavy atom. The maximum absolute atomic E-state index is 9.16. The molecule has 0 atom stereocenters. The van der Waals surface area contributed by atoms with Gasteiger partial charge in [0.2, 0.25) is 0 Å². The van der Waals surface area contributed by atoms with Crippen molar-refractivity contribution < 1.29 is 4.74 Å². The Balaban J connectivity index is 2.29. The third-order valence-corrected chi connectivity index (χ3v) is 2.94. The second-order valence-electron chi connectivity index (χ2n) is 3.92. The van der Waals surface area contributed by atoms with Crippen LogP contribution in [0.1, 0.15) is 18.1 Å². The van der Waals surface area contributed by atoms with Crippen molar-refractivity contribution in [3.63, 3.8) is 0 Å². The van der Waals surface area contributed by atoms with Crippen molar-refractivity contribution in [3.8, 4) is 6.07 Å². The van der Waals surface area contributed by atoms with E-state index in [0.717, 1.165) is 44.0 Å². The topological polar surface area (TPSA) is 36.3 Å². The molecule has 1 saturated heterocycles. The fourth-order valence-corrected chi connectivity index (χ4v) is 1.97. The van der Waals surface area contributed by atoms with Gasteiger partial charge in [-0.25, -0.2) is 0 Å². The molecule has 1 aliphatic heterocycles. The van der Waals surface area contributed by atoms with Crippen molar-refractivity contribution in [2.45, 2.75) is 13.3 Å². The molecule has 0 bridgehead atoms. The zero-order chi connectivity index (χ0) is 11.4. The van der Waals surface area contributed by atoms with Crippen LogP contribution >= 0.6 is 0 Å². The zero-order valence-electron chi connectivity index (χ0n) is 9.57. The van der Waals surface area contributed by atoms with Gasteiger partial charge in [-0.15, -0.1) is 0 Å². The third kappa shape index (κ3) is 2.17. The van der Waals surface area contributed by atoms with Crippen LogP contribution in [0.5, 0.6) is 0 Å². The van der Waals surface area contributed by atoms with E-state index in [1.54, 1.807) is 0 Å². The minimum absolute atomic E-state index is 0.750. The second-order valence-corrected chi connectivity index (χ2v) is 3.92. The van der Waals surface area contributed by atoms with E-state index < -0.39 is 0 Å². The maximum Gasteiger partial charge on any atom is 0.101 e. The summed E-state index contributed by atoms with van der Waals surface area (Å²) in [5.41, 5.74) is 3.04. The minimum Gasteiger partial charge on any atom is -0.378 e. The molecule has 0 N–H and O–H groups in total. The molecule has 1 aromatic carbocycles. The Labute approximate surface area is 96.2 Å². The molecule has 0 spiro atoms. The SMILES string of the molecule is CCc1ccc(N2CCOCC2)c(C#N)c1. The molecule has 0 amide bonds. The van der Waals surface area contributed by atoms with Gasteiger partial charge >= 0.3 is 0 Å². The quantitative estimate of drug-likeness (QED) is 0.758. The highest BCUT2D eigenvalue weighted by Crippen LogP contribution is 2.22. The average molecular weight is 216 g/mol. The number of rotatable bonds is 2. The Kier molecular flexibility index (Phi) is 3.43. The van der Waals surface area contributed by atoms with Crippen LogP contribution in [0.3, 0.4) is 0 Å². The molecule has 3 nitrogen and oxygen atoms in total. The van der Waals surface area contributed by atoms with Crippen LogP contribution in [0.25, 0.3) is 0 Å². The first-order valence-corrected chi connectivity index (χ1v) is 5.71. The van der Waals surface area contributed by atoms with Crippen molar-refractivity contribution in [1.29, 1.82) is 5.26 Å². The summed E-state index contributed by atoms with van der Waals surface area (Å²) in [5.74, 6) is 0. The number of anilines is 1. The summed E-state index contributed by atoms with van der Waals surface area (Å²) < 4.78 is 5.32. The van der Waals surface area contributed by atoms with Gasteiger partial charge in [-0.1, -0.05) is 13.0 Å². The van der Waals surface area contributed by atoms with E-state index in [1.807, 2.05) is 6.07 Å². The van der Waals surface area contributed by atoms with Crippen LogP contribution in [0.15, 0.2) is 18.2 Å². The van der Waals surface area contributed by atoms with Gasteiger partial charge in [0.05, 0.1) is 24.5 Å². The molecule has 3 heteroatoms. The molecule has 2 rings (SSSR count). The van der Waals surface area contributed by atoms with Crippen molar-refractivity contribution in [2.24, 2.45) is 0 Å². The molecule has 1 aromatic rings. The van der Waals surface area contributed by atoms with Gasteiger partial charge in [-0.3, -0.25) is 0 Å². The molecular formula is C13H16N2O.